The van der Waals surface area contributed by atoms with Crippen molar-refractivity contribution in [3.05, 3.63) is 18.2 Å². The minimum Gasteiger partial charge on any atom is -0.490 e. The predicted molar refractivity (Wildman–Crippen MR) is 84.2 cm³/mol. The summed E-state index contributed by atoms with van der Waals surface area (Å²) in [5, 5.41) is 4.37. The van der Waals surface area contributed by atoms with Gasteiger partial charge in [-0.3, -0.25) is 4.99 Å². The van der Waals surface area contributed by atoms with Crippen molar-refractivity contribution < 1.29 is 9.47 Å². The first kappa shape index (κ1) is 13.6. The third kappa shape index (κ3) is 3.03. The highest BCUT2D eigenvalue weighted by Gasteiger charge is 2.21. The Kier molecular flexibility index (Phi) is 4.05. The van der Waals surface area contributed by atoms with E-state index in [1.807, 2.05) is 18.2 Å². The molecule has 1 atom stereocenters. The quantitative estimate of drug-likeness (QED) is 0.907. The first-order chi connectivity index (χ1) is 9.72. The smallest absolute Gasteiger partial charge is 0.163 e. The predicted octanol–water partition coefficient (Wildman–Crippen LogP) is 3.39. The van der Waals surface area contributed by atoms with Gasteiger partial charge in [0.15, 0.2) is 16.7 Å². The second-order valence-corrected chi connectivity index (χ2v) is 6.40. The van der Waals surface area contributed by atoms with Crippen LogP contribution in [-0.2, 0) is 0 Å². The molecule has 5 heteroatoms. The maximum atomic E-state index is 5.70. The van der Waals surface area contributed by atoms with E-state index in [-0.39, 0.29) is 0 Å². The lowest BCUT2D eigenvalue weighted by Gasteiger charge is -2.10. The summed E-state index contributed by atoms with van der Waals surface area (Å²) in [4.78, 5) is 4.71. The van der Waals surface area contributed by atoms with Gasteiger partial charge in [0.2, 0.25) is 0 Å². The molecule has 2 heterocycles. The monoisotopic (exact) mass is 292 g/mol. The van der Waals surface area contributed by atoms with Crippen LogP contribution in [0.25, 0.3) is 0 Å². The van der Waals surface area contributed by atoms with Gasteiger partial charge in [-0.2, -0.15) is 0 Å². The van der Waals surface area contributed by atoms with Crippen molar-refractivity contribution in [2.24, 2.45) is 10.9 Å². The Labute approximate surface area is 123 Å². The SMILES string of the molecule is CC(C)[C@H]1CSC(Nc2ccc3c(c2)OCCCO3)=N1. The molecule has 0 amide bonds. The number of thioether (sulfide) groups is 1. The van der Waals surface area contributed by atoms with Gasteiger partial charge in [0.05, 0.1) is 19.3 Å². The van der Waals surface area contributed by atoms with E-state index in [2.05, 4.69) is 19.2 Å². The van der Waals surface area contributed by atoms with E-state index in [0.29, 0.717) is 18.6 Å². The molecule has 0 spiro atoms. The molecule has 2 aliphatic heterocycles. The van der Waals surface area contributed by atoms with Crippen LogP contribution in [-0.4, -0.2) is 30.2 Å². The molecule has 1 aromatic rings. The fourth-order valence-electron chi connectivity index (χ4n) is 2.16. The molecule has 0 aromatic heterocycles. The number of nitrogens with one attached hydrogen (secondary N) is 1. The van der Waals surface area contributed by atoms with Gasteiger partial charge in [-0.05, 0) is 18.1 Å². The molecule has 1 N–H and O–H groups in total. The van der Waals surface area contributed by atoms with E-state index in [4.69, 9.17) is 14.5 Å². The first-order valence-electron chi connectivity index (χ1n) is 7.09. The number of amidine groups is 1. The van der Waals surface area contributed by atoms with E-state index < -0.39 is 0 Å². The zero-order valence-electron chi connectivity index (χ0n) is 11.9. The van der Waals surface area contributed by atoms with Crippen LogP contribution in [0.3, 0.4) is 0 Å². The molecular weight excluding hydrogens is 272 g/mol. The normalized spacial score (nSPS) is 21.6. The van der Waals surface area contributed by atoms with E-state index in [1.165, 1.54) is 0 Å². The van der Waals surface area contributed by atoms with E-state index in [9.17, 15) is 0 Å². The Morgan fingerprint density at radius 3 is 2.80 bits per heavy atom. The summed E-state index contributed by atoms with van der Waals surface area (Å²) in [6, 6.07) is 6.39. The molecular formula is C15H20N2O2S. The maximum absolute atomic E-state index is 5.70. The van der Waals surface area contributed by atoms with Crippen LogP contribution in [0, 0.1) is 5.92 Å². The van der Waals surface area contributed by atoms with Gasteiger partial charge >= 0.3 is 0 Å². The van der Waals surface area contributed by atoms with Gasteiger partial charge in [-0.1, -0.05) is 25.6 Å². The van der Waals surface area contributed by atoms with Crippen molar-refractivity contribution in [1.82, 2.24) is 0 Å². The molecule has 2 aliphatic rings. The Morgan fingerprint density at radius 2 is 2.05 bits per heavy atom. The van der Waals surface area contributed by atoms with Crippen LogP contribution >= 0.6 is 11.8 Å². The number of nitrogens with zero attached hydrogens (tertiary/aromatic N) is 1. The van der Waals surface area contributed by atoms with Gasteiger partial charge in [0, 0.05) is 23.9 Å². The number of hydrogen-bond donors (Lipinski definition) is 1. The van der Waals surface area contributed by atoms with E-state index in [0.717, 1.165) is 41.1 Å². The van der Waals surface area contributed by atoms with Crippen molar-refractivity contribution in [2.45, 2.75) is 26.3 Å². The fraction of sp³-hybridized carbons (Fsp3) is 0.533. The molecule has 1 aromatic carbocycles. The van der Waals surface area contributed by atoms with E-state index in [1.54, 1.807) is 11.8 Å². The highest BCUT2D eigenvalue weighted by molar-refractivity contribution is 8.14. The third-order valence-corrected chi connectivity index (χ3v) is 4.43. The number of benzene rings is 1. The van der Waals surface area contributed by atoms with Gasteiger partial charge in [-0.25, -0.2) is 0 Å². The number of ether oxygens (including phenoxy) is 2. The zero-order valence-corrected chi connectivity index (χ0v) is 12.7. The summed E-state index contributed by atoms with van der Waals surface area (Å²) in [6.45, 7) is 5.86. The molecule has 0 fully saturated rings. The fourth-order valence-corrected chi connectivity index (χ4v) is 3.35. The highest BCUT2D eigenvalue weighted by atomic mass is 32.2. The molecule has 3 rings (SSSR count). The van der Waals surface area contributed by atoms with Crippen LogP contribution in [0.4, 0.5) is 5.69 Å². The van der Waals surface area contributed by atoms with Crippen LogP contribution in [0.2, 0.25) is 0 Å². The molecule has 0 bridgehead atoms. The Bertz CT molecular complexity index is 517. The van der Waals surface area contributed by atoms with Crippen molar-refractivity contribution in [2.75, 3.05) is 24.3 Å². The molecule has 4 nitrogen and oxygen atoms in total. The van der Waals surface area contributed by atoms with Crippen LogP contribution < -0.4 is 14.8 Å². The second kappa shape index (κ2) is 5.95. The average molecular weight is 292 g/mol. The van der Waals surface area contributed by atoms with Crippen LogP contribution in [0.15, 0.2) is 23.2 Å². The molecule has 0 unspecified atom stereocenters. The summed E-state index contributed by atoms with van der Waals surface area (Å²) in [7, 11) is 0. The highest BCUT2D eigenvalue weighted by Crippen LogP contribution is 2.33. The molecule has 108 valence electrons. The Hall–Kier alpha value is -1.36. The Balaban J connectivity index is 1.72. The van der Waals surface area contributed by atoms with Crippen molar-refractivity contribution in [3.8, 4) is 11.5 Å². The molecule has 0 aliphatic carbocycles. The molecule has 0 saturated heterocycles. The molecule has 20 heavy (non-hydrogen) atoms. The first-order valence-corrected chi connectivity index (χ1v) is 8.08. The van der Waals surface area contributed by atoms with Crippen LogP contribution in [0.1, 0.15) is 20.3 Å². The van der Waals surface area contributed by atoms with Crippen molar-refractivity contribution in [3.63, 3.8) is 0 Å². The standard InChI is InChI=1S/C15H20N2O2S/c1-10(2)12-9-20-15(17-12)16-11-4-5-13-14(8-11)19-7-3-6-18-13/h4-5,8,10,12H,3,6-7,9H2,1-2H3,(H,16,17)/t12-/m1/s1. The number of anilines is 1. The van der Waals surface area contributed by atoms with E-state index >= 15 is 0 Å². The number of aliphatic imine (C=N–C) groups is 1. The summed E-state index contributed by atoms with van der Waals surface area (Å²) in [5.74, 6) is 3.29. The maximum Gasteiger partial charge on any atom is 0.163 e. The molecule has 0 saturated carbocycles. The van der Waals surface area contributed by atoms with Gasteiger partial charge < -0.3 is 14.8 Å². The third-order valence-electron chi connectivity index (χ3n) is 3.44. The van der Waals surface area contributed by atoms with Gasteiger partial charge in [0.1, 0.15) is 0 Å². The summed E-state index contributed by atoms with van der Waals surface area (Å²) in [6.07, 6.45) is 0.927. The summed E-state index contributed by atoms with van der Waals surface area (Å²) < 4.78 is 11.3. The lowest BCUT2D eigenvalue weighted by Crippen LogP contribution is -2.12. The minimum atomic E-state index is 0.419. The summed E-state index contributed by atoms with van der Waals surface area (Å²) in [5.41, 5.74) is 1.00. The van der Waals surface area contributed by atoms with Crippen molar-refractivity contribution in [1.29, 1.82) is 0 Å². The largest absolute Gasteiger partial charge is 0.490 e. The topological polar surface area (TPSA) is 42.8 Å². The average Bonchev–Trinajstić information content (AvgIpc) is 2.77. The van der Waals surface area contributed by atoms with Crippen LogP contribution in [0.5, 0.6) is 11.5 Å². The second-order valence-electron chi connectivity index (χ2n) is 5.39. The Morgan fingerprint density at radius 1 is 1.25 bits per heavy atom. The minimum absolute atomic E-state index is 0.419. The number of hydrogen-bond acceptors (Lipinski definition) is 5. The lowest BCUT2D eigenvalue weighted by atomic mass is 10.1. The van der Waals surface area contributed by atoms with Gasteiger partial charge in [-0.15, -0.1) is 0 Å². The number of rotatable bonds is 2. The van der Waals surface area contributed by atoms with Crippen molar-refractivity contribution >= 4 is 22.6 Å². The number of fused-ring (bicyclic) bond motifs is 1. The zero-order chi connectivity index (χ0) is 13.9. The van der Waals surface area contributed by atoms with Gasteiger partial charge in [0.25, 0.3) is 0 Å². The lowest BCUT2D eigenvalue weighted by molar-refractivity contribution is 0.297. The molecule has 0 radical (unpaired) electrons. The summed E-state index contributed by atoms with van der Waals surface area (Å²) >= 11 is 1.78.